The van der Waals surface area contributed by atoms with Gasteiger partial charge in [0, 0.05) is 13.2 Å². The molecule has 2 heteroatoms. The third-order valence-corrected chi connectivity index (χ3v) is 0.945. The molecule has 0 rings (SSSR count). The zero-order chi connectivity index (χ0) is 6.95. The minimum absolute atomic E-state index is 0.222. The summed E-state index contributed by atoms with van der Waals surface area (Å²) in [5.41, 5.74) is 0. The second-order valence-electron chi connectivity index (χ2n) is 1.90. The highest BCUT2D eigenvalue weighted by Gasteiger charge is 1.85. The van der Waals surface area contributed by atoms with E-state index in [4.69, 9.17) is 9.84 Å². The van der Waals surface area contributed by atoms with Gasteiger partial charge in [0.25, 0.3) is 0 Å². The van der Waals surface area contributed by atoms with Gasteiger partial charge in [0.2, 0.25) is 0 Å². The van der Waals surface area contributed by atoms with Crippen LogP contribution in [0.2, 0.25) is 0 Å². The third-order valence-electron chi connectivity index (χ3n) is 0.945. The Hall–Kier alpha value is -0.0800. The van der Waals surface area contributed by atoms with Crippen LogP contribution in [0.3, 0.4) is 0 Å². The lowest BCUT2D eigenvalue weighted by atomic mass is 10.4. The highest BCUT2D eigenvalue weighted by atomic mass is 16.5. The Morgan fingerprint density at radius 2 is 2.33 bits per heavy atom. The summed E-state index contributed by atoms with van der Waals surface area (Å²) in [4.78, 5) is 0. The molecule has 0 spiro atoms. The topological polar surface area (TPSA) is 29.5 Å². The first-order valence-corrected chi connectivity index (χ1v) is 3.46. The fourth-order valence-corrected chi connectivity index (χ4v) is 0.432. The van der Waals surface area contributed by atoms with Gasteiger partial charge in [0.1, 0.15) is 0 Å². The summed E-state index contributed by atoms with van der Waals surface area (Å²) < 4.78 is 5.03. The van der Waals surface area contributed by atoms with E-state index in [1.165, 1.54) is 0 Å². The molecule has 0 bridgehead atoms. The van der Waals surface area contributed by atoms with Crippen molar-refractivity contribution in [2.24, 2.45) is 0 Å². The van der Waals surface area contributed by atoms with E-state index in [9.17, 15) is 0 Å². The molecule has 0 saturated carbocycles. The van der Waals surface area contributed by atoms with Gasteiger partial charge in [0.05, 0.1) is 6.61 Å². The van der Waals surface area contributed by atoms with E-state index in [-0.39, 0.29) is 6.61 Å². The van der Waals surface area contributed by atoms with Crippen LogP contribution in [0.25, 0.3) is 0 Å². The highest BCUT2D eigenvalue weighted by Crippen LogP contribution is 1.93. The van der Waals surface area contributed by atoms with Crippen molar-refractivity contribution in [2.75, 3.05) is 13.2 Å². The maximum absolute atomic E-state index is 8.33. The van der Waals surface area contributed by atoms with Crippen LogP contribution in [0.1, 0.15) is 26.2 Å². The summed E-state index contributed by atoms with van der Waals surface area (Å²) in [6.07, 6.45) is 2.87. The predicted molar refractivity (Wildman–Crippen MR) is 36.9 cm³/mol. The van der Waals surface area contributed by atoms with E-state index >= 15 is 0 Å². The number of hydrogen-bond donors (Lipinski definition) is 1. The lowest BCUT2D eigenvalue weighted by molar-refractivity contribution is 0.161. The number of rotatable bonds is 6. The first-order chi connectivity index (χ1) is 4.41. The summed E-state index contributed by atoms with van der Waals surface area (Å²) in [6.45, 7) is 4.78. The van der Waals surface area contributed by atoms with Gasteiger partial charge in [-0.25, -0.2) is 0 Å². The molecular formula is C7H15O2. The maximum atomic E-state index is 8.33. The van der Waals surface area contributed by atoms with Gasteiger partial charge in [-0.1, -0.05) is 13.3 Å². The van der Waals surface area contributed by atoms with Gasteiger partial charge in [0.15, 0.2) is 0 Å². The number of unbranched alkanes of at least 4 members (excludes halogenated alkanes) is 1. The van der Waals surface area contributed by atoms with Crippen LogP contribution in [0, 0.1) is 6.61 Å². The first-order valence-electron chi connectivity index (χ1n) is 3.46. The van der Waals surface area contributed by atoms with Crippen molar-refractivity contribution in [2.45, 2.75) is 26.2 Å². The summed E-state index contributed by atoms with van der Waals surface area (Å²) in [5.74, 6) is 0. The summed E-state index contributed by atoms with van der Waals surface area (Å²) in [5, 5.41) is 8.33. The van der Waals surface area contributed by atoms with Gasteiger partial charge < -0.3 is 9.84 Å². The largest absolute Gasteiger partial charge is 0.396 e. The molecule has 2 nitrogen and oxygen atoms in total. The number of hydrogen-bond acceptors (Lipinski definition) is 2. The summed E-state index contributed by atoms with van der Waals surface area (Å²) in [7, 11) is 0. The summed E-state index contributed by atoms with van der Waals surface area (Å²) >= 11 is 0. The first kappa shape index (κ1) is 8.92. The Morgan fingerprint density at radius 1 is 1.56 bits per heavy atom. The lowest BCUT2D eigenvalue weighted by Crippen LogP contribution is -1.94. The molecule has 0 unspecified atom stereocenters. The Balaban J connectivity index is 2.60. The summed E-state index contributed by atoms with van der Waals surface area (Å²) in [6, 6.07) is 0. The Bertz CT molecular complexity index is 40.2. The van der Waals surface area contributed by atoms with Crippen molar-refractivity contribution in [3.8, 4) is 0 Å². The molecule has 0 aromatic rings. The molecule has 0 aliphatic heterocycles. The molecule has 0 atom stereocenters. The second-order valence-corrected chi connectivity index (χ2v) is 1.90. The van der Waals surface area contributed by atoms with Gasteiger partial charge in [-0.15, -0.1) is 0 Å². The molecule has 0 aromatic heterocycles. The molecule has 1 radical (unpaired) electrons. The molecule has 1 N–H and O–H groups in total. The number of ether oxygens (including phenoxy) is 1. The fraction of sp³-hybridized carbons (Fsp3) is 0.857. The minimum Gasteiger partial charge on any atom is -0.396 e. The van der Waals surface area contributed by atoms with Crippen molar-refractivity contribution in [3.05, 3.63) is 6.61 Å². The van der Waals surface area contributed by atoms with Crippen LogP contribution < -0.4 is 0 Å². The van der Waals surface area contributed by atoms with Crippen molar-refractivity contribution >= 4 is 0 Å². The molecule has 0 aliphatic carbocycles. The van der Waals surface area contributed by atoms with E-state index < -0.39 is 0 Å². The van der Waals surface area contributed by atoms with Crippen LogP contribution in [0.5, 0.6) is 0 Å². The van der Waals surface area contributed by atoms with E-state index in [2.05, 4.69) is 6.92 Å². The molecule has 0 aromatic carbocycles. The second kappa shape index (κ2) is 7.92. The van der Waals surface area contributed by atoms with Crippen LogP contribution in [-0.2, 0) is 4.74 Å². The van der Waals surface area contributed by atoms with Gasteiger partial charge in [-0.05, 0) is 12.8 Å². The zero-order valence-electron chi connectivity index (χ0n) is 5.97. The Labute approximate surface area is 56.8 Å². The lowest BCUT2D eigenvalue weighted by Gasteiger charge is -1.98. The van der Waals surface area contributed by atoms with Crippen molar-refractivity contribution in [1.29, 1.82) is 0 Å². The van der Waals surface area contributed by atoms with Crippen molar-refractivity contribution < 1.29 is 9.84 Å². The van der Waals surface area contributed by atoms with Crippen LogP contribution >= 0.6 is 0 Å². The monoisotopic (exact) mass is 131 g/mol. The quantitative estimate of drug-likeness (QED) is 0.551. The normalized spacial score (nSPS) is 10.0. The SMILES string of the molecule is CCC[CH]OCCCO. The Kier molecular flexibility index (Phi) is 7.85. The minimum atomic E-state index is 0.222. The molecule has 0 fully saturated rings. The number of aliphatic hydroxyl groups excluding tert-OH is 1. The van der Waals surface area contributed by atoms with Crippen LogP contribution in [-0.4, -0.2) is 18.3 Å². The maximum Gasteiger partial charge on any atom is 0.0836 e. The molecule has 0 saturated heterocycles. The molecule has 9 heavy (non-hydrogen) atoms. The standard InChI is InChI=1S/C7H15O2/c1-2-3-6-9-7-4-5-8/h6,8H,2-5,7H2,1H3. The fourth-order valence-electron chi connectivity index (χ4n) is 0.432. The predicted octanol–water partition coefficient (Wildman–Crippen LogP) is 1.35. The molecule has 55 valence electrons. The molecule has 0 heterocycles. The van der Waals surface area contributed by atoms with Crippen molar-refractivity contribution in [1.82, 2.24) is 0 Å². The van der Waals surface area contributed by atoms with Crippen LogP contribution in [0.4, 0.5) is 0 Å². The average molecular weight is 131 g/mol. The van der Waals surface area contributed by atoms with Crippen LogP contribution in [0.15, 0.2) is 0 Å². The van der Waals surface area contributed by atoms with E-state index in [1.807, 2.05) is 0 Å². The molecular weight excluding hydrogens is 116 g/mol. The smallest absolute Gasteiger partial charge is 0.0836 e. The van der Waals surface area contributed by atoms with E-state index in [0.717, 1.165) is 19.3 Å². The average Bonchev–Trinajstić information content (AvgIpc) is 1.89. The van der Waals surface area contributed by atoms with Gasteiger partial charge >= 0.3 is 0 Å². The third kappa shape index (κ3) is 7.92. The number of aliphatic hydroxyl groups is 1. The van der Waals surface area contributed by atoms with Gasteiger partial charge in [-0.2, -0.15) is 0 Å². The van der Waals surface area contributed by atoms with Crippen molar-refractivity contribution in [3.63, 3.8) is 0 Å². The van der Waals surface area contributed by atoms with E-state index in [0.29, 0.717) is 6.61 Å². The van der Waals surface area contributed by atoms with E-state index in [1.54, 1.807) is 6.61 Å². The van der Waals surface area contributed by atoms with Gasteiger partial charge in [-0.3, -0.25) is 0 Å². The molecule has 0 aliphatic rings. The Morgan fingerprint density at radius 3 is 2.89 bits per heavy atom. The molecule has 0 amide bonds. The zero-order valence-corrected chi connectivity index (χ0v) is 5.97. The highest BCUT2D eigenvalue weighted by molar-refractivity contribution is 4.47.